The molecule has 98 valence electrons. The third-order valence-corrected chi connectivity index (χ3v) is 4.27. The lowest BCUT2D eigenvalue weighted by molar-refractivity contribution is 0.578. The van der Waals surface area contributed by atoms with Gasteiger partial charge in [-0.15, -0.1) is 0 Å². The standard InChI is InChI=1S/C17H18ClN/c1-11-4-3-5-15-12(2)10-16(19-17(11)15)13-6-8-14(18)9-7-13/h3-9,12,16,19H,10H2,1-2H3/t12-,16-/m1/s1. The van der Waals surface area contributed by atoms with Crippen molar-refractivity contribution in [2.24, 2.45) is 0 Å². The van der Waals surface area contributed by atoms with Gasteiger partial charge in [-0.2, -0.15) is 0 Å². The molecule has 2 aromatic rings. The Bertz CT molecular complexity index is 589. The highest BCUT2D eigenvalue weighted by atomic mass is 35.5. The molecule has 0 radical (unpaired) electrons. The summed E-state index contributed by atoms with van der Waals surface area (Å²) in [5, 5.41) is 4.48. The van der Waals surface area contributed by atoms with E-state index >= 15 is 0 Å². The Morgan fingerprint density at radius 2 is 1.84 bits per heavy atom. The van der Waals surface area contributed by atoms with Gasteiger partial charge in [-0.25, -0.2) is 0 Å². The van der Waals surface area contributed by atoms with Gasteiger partial charge in [0.25, 0.3) is 0 Å². The van der Waals surface area contributed by atoms with Gasteiger partial charge in [-0.3, -0.25) is 0 Å². The molecule has 1 aliphatic rings. The highest BCUT2D eigenvalue weighted by Gasteiger charge is 2.25. The summed E-state index contributed by atoms with van der Waals surface area (Å²) < 4.78 is 0. The number of anilines is 1. The second-order valence-electron chi connectivity index (χ2n) is 5.42. The number of rotatable bonds is 1. The van der Waals surface area contributed by atoms with Crippen LogP contribution in [0, 0.1) is 6.92 Å². The fraction of sp³-hybridized carbons (Fsp3) is 0.294. The normalized spacial score (nSPS) is 21.6. The molecule has 2 atom stereocenters. The molecular weight excluding hydrogens is 254 g/mol. The lowest BCUT2D eigenvalue weighted by Gasteiger charge is -2.33. The zero-order valence-electron chi connectivity index (χ0n) is 11.3. The van der Waals surface area contributed by atoms with E-state index in [4.69, 9.17) is 11.6 Å². The smallest absolute Gasteiger partial charge is 0.0519 e. The van der Waals surface area contributed by atoms with Crippen LogP contribution in [0.15, 0.2) is 42.5 Å². The molecule has 1 aliphatic heterocycles. The average molecular weight is 272 g/mol. The molecular formula is C17H18ClN. The summed E-state index contributed by atoms with van der Waals surface area (Å²) in [7, 11) is 0. The van der Waals surface area contributed by atoms with Gasteiger partial charge in [0.15, 0.2) is 0 Å². The average Bonchev–Trinajstić information content (AvgIpc) is 2.41. The summed E-state index contributed by atoms with van der Waals surface area (Å²) in [5.74, 6) is 0.580. The van der Waals surface area contributed by atoms with Crippen molar-refractivity contribution in [3.05, 3.63) is 64.2 Å². The quantitative estimate of drug-likeness (QED) is 0.741. The van der Waals surface area contributed by atoms with E-state index in [9.17, 15) is 0 Å². The Morgan fingerprint density at radius 3 is 2.58 bits per heavy atom. The molecule has 0 saturated heterocycles. The number of para-hydroxylation sites is 1. The van der Waals surface area contributed by atoms with Crippen LogP contribution in [0.25, 0.3) is 0 Å². The Kier molecular flexibility index (Phi) is 3.24. The van der Waals surface area contributed by atoms with E-state index in [1.807, 2.05) is 12.1 Å². The first kappa shape index (κ1) is 12.6. The van der Waals surface area contributed by atoms with Crippen molar-refractivity contribution >= 4 is 17.3 Å². The van der Waals surface area contributed by atoms with E-state index in [1.54, 1.807) is 0 Å². The lowest BCUT2D eigenvalue weighted by atomic mass is 9.84. The van der Waals surface area contributed by atoms with Crippen molar-refractivity contribution in [1.29, 1.82) is 0 Å². The summed E-state index contributed by atoms with van der Waals surface area (Å²) in [5.41, 5.74) is 5.37. The molecule has 19 heavy (non-hydrogen) atoms. The van der Waals surface area contributed by atoms with E-state index in [1.165, 1.54) is 22.4 Å². The number of hydrogen-bond acceptors (Lipinski definition) is 1. The maximum Gasteiger partial charge on any atom is 0.0519 e. The van der Waals surface area contributed by atoms with Crippen LogP contribution in [0.2, 0.25) is 5.02 Å². The predicted octanol–water partition coefficient (Wildman–Crippen LogP) is 5.31. The van der Waals surface area contributed by atoms with Crippen LogP contribution in [0.4, 0.5) is 5.69 Å². The maximum absolute atomic E-state index is 5.97. The number of aryl methyl sites for hydroxylation is 1. The maximum atomic E-state index is 5.97. The molecule has 1 heterocycles. The van der Waals surface area contributed by atoms with Crippen molar-refractivity contribution < 1.29 is 0 Å². The fourth-order valence-electron chi connectivity index (χ4n) is 2.93. The van der Waals surface area contributed by atoms with E-state index in [-0.39, 0.29) is 0 Å². The summed E-state index contributed by atoms with van der Waals surface area (Å²) >= 11 is 5.97. The zero-order valence-corrected chi connectivity index (χ0v) is 12.0. The topological polar surface area (TPSA) is 12.0 Å². The summed E-state index contributed by atoms with van der Waals surface area (Å²) in [6, 6.07) is 15.1. The minimum absolute atomic E-state index is 0.376. The first-order valence-electron chi connectivity index (χ1n) is 6.76. The minimum atomic E-state index is 0.376. The van der Waals surface area contributed by atoms with Crippen LogP contribution in [0.1, 0.15) is 42.0 Å². The highest BCUT2D eigenvalue weighted by Crippen LogP contribution is 2.41. The van der Waals surface area contributed by atoms with Crippen molar-refractivity contribution in [3.8, 4) is 0 Å². The van der Waals surface area contributed by atoms with Crippen LogP contribution in [0.3, 0.4) is 0 Å². The minimum Gasteiger partial charge on any atom is -0.378 e. The molecule has 2 aromatic carbocycles. The Morgan fingerprint density at radius 1 is 1.11 bits per heavy atom. The molecule has 0 saturated carbocycles. The number of hydrogen-bond donors (Lipinski definition) is 1. The molecule has 0 bridgehead atoms. The number of benzene rings is 2. The Balaban J connectivity index is 1.96. The molecule has 0 fully saturated rings. The third kappa shape index (κ3) is 2.35. The van der Waals surface area contributed by atoms with Gasteiger partial charge in [0.05, 0.1) is 6.04 Å². The predicted molar refractivity (Wildman–Crippen MR) is 82.0 cm³/mol. The van der Waals surface area contributed by atoms with E-state index < -0.39 is 0 Å². The molecule has 0 unspecified atom stereocenters. The summed E-state index contributed by atoms with van der Waals surface area (Å²) in [6.45, 7) is 4.48. The Labute approximate surface area is 119 Å². The molecule has 0 aromatic heterocycles. The van der Waals surface area contributed by atoms with Gasteiger partial charge >= 0.3 is 0 Å². The van der Waals surface area contributed by atoms with Crippen LogP contribution in [-0.2, 0) is 0 Å². The fourth-order valence-corrected chi connectivity index (χ4v) is 3.05. The molecule has 1 N–H and O–H groups in total. The van der Waals surface area contributed by atoms with Crippen molar-refractivity contribution in [2.45, 2.75) is 32.2 Å². The zero-order chi connectivity index (χ0) is 13.4. The van der Waals surface area contributed by atoms with E-state index in [0.29, 0.717) is 12.0 Å². The highest BCUT2D eigenvalue weighted by molar-refractivity contribution is 6.30. The second-order valence-corrected chi connectivity index (χ2v) is 5.86. The Hall–Kier alpha value is -1.47. The number of halogens is 1. The van der Waals surface area contributed by atoms with Crippen molar-refractivity contribution in [1.82, 2.24) is 0 Å². The van der Waals surface area contributed by atoms with Crippen LogP contribution in [-0.4, -0.2) is 0 Å². The molecule has 0 aliphatic carbocycles. The van der Waals surface area contributed by atoms with Gasteiger partial charge in [0.2, 0.25) is 0 Å². The lowest BCUT2D eigenvalue weighted by Crippen LogP contribution is -2.21. The first-order valence-corrected chi connectivity index (χ1v) is 7.14. The molecule has 0 spiro atoms. The van der Waals surface area contributed by atoms with Gasteiger partial charge in [-0.1, -0.05) is 48.9 Å². The van der Waals surface area contributed by atoms with Crippen LogP contribution >= 0.6 is 11.6 Å². The van der Waals surface area contributed by atoms with Crippen LogP contribution in [0.5, 0.6) is 0 Å². The van der Waals surface area contributed by atoms with Gasteiger partial charge in [-0.05, 0) is 48.1 Å². The SMILES string of the molecule is Cc1cccc2c1N[C@@H](c1ccc(Cl)cc1)C[C@H]2C. The van der Waals surface area contributed by atoms with Crippen molar-refractivity contribution in [3.63, 3.8) is 0 Å². The molecule has 0 amide bonds. The van der Waals surface area contributed by atoms with Gasteiger partial charge in [0, 0.05) is 10.7 Å². The molecule has 1 nitrogen and oxygen atoms in total. The monoisotopic (exact) mass is 271 g/mol. The van der Waals surface area contributed by atoms with E-state index in [0.717, 1.165) is 11.4 Å². The van der Waals surface area contributed by atoms with Crippen molar-refractivity contribution in [2.75, 3.05) is 5.32 Å². The number of fused-ring (bicyclic) bond motifs is 1. The largest absolute Gasteiger partial charge is 0.378 e. The number of nitrogens with one attached hydrogen (secondary N) is 1. The van der Waals surface area contributed by atoms with E-state index in [2.05, 4.69) is 49.5 Å². The summed E-state index contributed by atoms with van der Waals surface area (Å²) in [4.78, 5) is 0. The first-order chi connectivity index (χ1) is 9.15. The molecule has 2 heteroatoms. The van der Waals surface area contributed by atoms with Gasteiger partial charge < -0.3 is 5.32 Å². The molecule has 3 rings (SSSR count). The third-order valence-electron chi connectivity index (χ3n) is 4.02. The second kappa shape index (κ2) is 4.90. The summed E-state index contributed by atoms with van der Waals surface area (Å²) in [6.07, 6.45) is 1.12. The van der Waals surface area contributed by atoms with Crippen LogP contribution < -0.4 is 5.32 Å². The van der Waals surface area contributed by atoms with Gasteiger partial charge in [0.1, 0.15) is 0 Å².